The molecule has 11 heteroatoms. The molecule has 170 valence electrons. The Morgan fingerprint density at radius 3 is 2.68 bits per heavy atom. The monoisotopic (exact) mass is 464 g/mol. The summed E-state index contributed by atoms with van der Waals surface area (Å²) in [5.41, 5.74) is 2.13. The molecule has 1 amide bonds. The number of hydrogen-bond donors (Lipinski definition) is 1. The highest BCUT2D eigenvalue weighted by molar-refractivity contribution is 6.04. The third-order valence-corrected chi connectivity index (χ3v) is 5.13. The minimum atomic E-state index is -4.49. The average molecular weight is 464 g/mol. The van der Waals surface area contributed by atoms with E-state index in [0.29, 0.717) is 28.8 Å². The smallest absolute Gasteiger partial charge is 0.334 e. The number of aromatic nitrogens is 5. The van der Waals surface area contributed by atoms with Crippen LogP contribution in [0.2, 0.25) is 0 Å². The normalized spacial score (nSPS) is 11.6. The van der Waals surface area contributed by atoms with Crippen molar-refractivity contribution in [1.29, 1.82) is 0 Å². The Kier molecular flexibility index (Phi) is 5.08. The van der Waals surface area contributed by atoms with Gasteiger partial charge in [0.2, 0.25) is 5.82 Å². The van der Waals surface area contributed by atoms with Crippen molar-refractivity contribution in [1.82, 2.24) is 24.5 Å². The van der Waals surface area contributed by atoms with Gasteiger partial charge in [-0.15, -0.1) is 0 Å². The molecular weight excluding hydrogens is 449 g/mol. The van der Waals surface area contributed by atoms with Gasteiger partial charge < -0.3 is 9.84 Å². The van der Waals surface area contributed by atoms with E-state index in [1.165, 1.54) is 12.3 Å². The average Bonchev–Trinajstić information content (AvgIpc) is 3.48. The number of carbonyl (C=O) groups is 1. The number of nitrogens with zero attached hydrogens (tertiary/aromatic N) is 5. The molecule has 0 spiro atoms. The fraction of sp³-hybridized carbons (Fsp3) is 0.0870. The predicted octanol–water partition coefficient (Wildman–Crippen LogP) is 5.03. The molecule has 0 saturated carbocycles. The Hall–Kier alpha value is -4.54. The molecular formula is C23H15F3N6O2. The van der Waals surface area contributed by atoms with Crippen molar-refractivity contribution in [3.8, 4) is 23.0 Å². The summed E-state index contributed by atoms with van der Waals surface area (Å²) in [4.78, 5) is 25.1. The van der Waals surface area contributed by atoms with E-state index in [-0.39, 0.29) is 23.3 Å². The van der Waals surface area contributed by atoms with Crippen molar-refractivity contribution in [2.24, 2.45) is 0 Å². The number of aryl methyl sites for hydroxylation is 1. The van der Waals surface area contributed by atoms with Gasteiger partial charge in [0.15, 0.2) is 0 Å². The second kappa shape index (κ2) is 8.10. The van der Waals surface area contributed by atoms with Crippen LogP contribution in [-0.2, 0) is 6.18 Å². The number of halogens is 3. The molecule has 1 N–H and O–H groups in total. The number of amides is 1. The van der Waals surface area contributed by atoms with Crippen molar-refractivity contribution < 1.29 is 22.5 Å². The molecule has 0 saturated heterocycles. The summed E-state index contributed by atoms with van der Waals surface area (Å²) in [7, 11) is 0. The quantitative estimate of drug-likeness (QED) is 0.401. The molecule has 0 unspecified atom stereocenters. The first-order valence-corrected chi connectivity index (χ1v) is 10.0. The van der Waals surface area contributed by atoms with E-state index < -0.39 is 11.7 Å². The van der Waals surface area contributed by atoms with Crippen LogP contribution in [0.4, 0.5) is 18.9 Å². The highest BCUT2D eigenvalue weighted by atomic mass is 19.4. The van der Waals surface area contributed by atoms with Crippen molar-refractivity contribution in [2.75, 3.05) is 5.32 Å². The molecule has 8 nitrogen and oxygen atoms in total. The van der Waals surface area contributed by atoms with Gasteiger partial charge >= 0.3 is 6.18 Å². The predicted molar refractivity (Wildman–Crippen MR) is 116 cm³/mol. The molecule has 5 rings (SSSR count). The van der Waals surface area contributed by atoms with E-state index in [1.807, 2.05) is 13.0 Å². The molecule has 5 aromatic rings. The van der Waals surface area contributed by atoms with Gasteiger partial charge in [0.05, 0.1) is 11.8 Å². The van der Waals surface area contributed by atoms with Crippen LogP contribution in [-0.4, -0.2) is 30.4 Å². The summed E-state index contributed by atoms with van der Waals surface area (Å²) in [6.07, 6.45) is -0.536. The topological polar surface area (TPSA) is 98.2 Å². The van der Waals surface area contributed by atoms with Gasteiger partial charge in [-0.05, 0) is 48.9 Å². The molecule has 1 aromatic carbocycles. The molecule has 0 aliphatic heterocycles. The highest BCUT2D eigenvalue weighted by Gasteiger charge is 2.31. The molecule has 4 heterocycles. The molecule has 0 radical (unpaired) electrons. The van der Waals surface area contributed by atoms with Crippen LogP contribution in [0.5, 0.6) is 0 Å². The fourth-order valence-electron chi connectivity index (χ4n) is 3.32. The van der Waals surface area contributed by atoms with Crippen LogP contribution in [0.3, 0.4) is 0 Å². The largest absolute Gasteiger partial charge is 0.417 e. The van der Waals surface area contributed by atoms with E-state index in [0.717, 1.165) is 11.6 Å². The van der Waals surface area contributed by atoms with Gasteiger partial charge in [-0.2, -0.15) is 18.2 Å². The first kappa shape index (κ1) is 21.3. The number of nitrogens with one attached hydrogen (secondary N) is 1. The summed E-state index contributed by atoms with van der Waals surface area (Å²) in [6, 6.07) is 12.7. The summed E-state index contributed by atoms with van der Waals surface area (Å²) < 4.78 is 45.2. The minimum Gasteiger partial charge on any atom is -0.334 e. The maximum absolute atomic E-state index is 12.9. The Morgan fingerprint density at radius 1 is 1.06 bits per heavy atom. The van der Waals surface area contributed by atoms with Crippen LogP contribution in [0.25, 0.3) is 28.6 Å². The maximum atomic E-state index is 12.9. The summed E-state index contributed by atoms with van der Waals surface area (Å²) in [5.74, 6) is -0.179. The van der Waals surface area contributed by atoms with Gasteiger partial charge in [0, 0.05) is 23.6 Å². The van der Waals surface area contributed by atoms with Gasteiger partial charge in [0.1, 0.15) is 17.0 Å². The van der Waals surface area contributed by atoms with E-state index >= 15 is 0 Å². The van der Waals surface area contributed by atoms with Crippen molar-refractivity contribution in [3.63, 3.8) is 0 Å². The first-order valence-electron chi connectivity index (χ1n) is 10.0. The Bertz CT molecular complexity index is 1510. The zero-order valence-electron chi connectivity index (χ0n) is 17.5. The van der Waals surface area contributed by atoms with Crippen LogP contribution in [0.1, 0.15) is 21.6 Å². The Balaban J connectivity index is 1.40. The zero-order chi connectivity index (χ0) is 23.9. The lowest BCUT2D eigenvalue weighted by Crippen LogP contribution is -2.15. The lowest BCUT2D eigenvalue weighted by molar-refractivity contribution is -0.137. The Labute approximate surface area is 190 Å². The molecule has 0 fully saturated rings. The number of fused-ring (bicyclic) bond motifs is 1. The maximum Gasteiger partial charge on any atom is 0.417 e. The number of rotatable bonds is 4. The second-order valence-electron chi connectivity index (χ2n) is 7.41. The van der Waals surface area contributed by atoms with Crippen LogP contribution >= 0.6 is 0 Å². The van der Waals surface area contributed by atoms with E-state index in [9.17, 15) is 18.0 Å². The molecule has 0 aliphatic carbocycles. The van der Waals surface area contributed by atoms with Crippen LogP contribution < -0.4 is 5.32 Å². The fourth-order valence-corrected chi connectivity index (χ4v) is 3.32. The number of alkyl halides is 3. The third-order valence-electron chi connectivity index (χ3n) is 5.13. The molecule has 34 heavy (non-hydrogen) atoms. The second-order valence-corrected chi connectivity index (χ2v) is 7.41. The lowest BCUT2D eigenvalue weighted by atomic mass is 10.1. The standard InChI is InChI=1S/C23H15F3N6O2/c1-13-5-6-14(10-17(13)29-21(33)18-12-28-19-4-2-3-9-32(18)19)22-30-20(31-34-22)16-8-7-15(11-27-16)23(24,25)26/h2-12H,1H3,(H,29,33). The Morgan fingerprint density at radius 2 is 1.91 bits per heavy atom. The number of benzene rings is 1. The molecule has 0 atom stereocenters. The van der Waals surface area contributed by atoms with Gasteiger partial charge in [-0.1, -0.05) is 17.3 Å². The van der Waals surface area contributed by atoms with Gasteiger partial charge in [-0.3, -0.25) is 14.2 Å². The van der Waals surface area contributed by atoms with Gasteiger partial charge in [-0.25, -0.2) is 4.98 Å². The highest BCUT2D eigenvalue weighted by Crippen LogP contribution is 2.30. The summed E-state index contributed by atoms with van der Waals surface area (Å²) in [6.45, 7) is 1.83. The number of hydrogen-bond acceptors (Lipinski definition) is 6. The number of imidazole rings is 1. The van der Waals surface area contributed by atoms with Crippen molar-refractivity contribution in [2.45, 2.75) is 13.1 Å². The zero-order valence-corrected chi connectivity index (χ0v) is 17.5. The van der Waals surface area contributed by atoms with E-state index in [4.69, 9.17) is 4.52 Å². The van der Waals surface area contributed by atoms with Crippen LogP contribution in [0, 0.1) is 6.92 Å². The third kappa shape index (κ3) is 3.98. The SMILES string of the molecule is Cc1ccc(-c2nc(-c3ccc(C(F)(F)F)cn3)no2)cc1NC(=O)c1cnc2ccccn12. The summed E-state index contributed by atoms with van der Waals surface area (Å²) in [5, 5.41) is 6.68. The number of carbonyl (C=O) groups excluding carboxylic acids is 1. The van der Waals surface area contributed by atoms with E-state index in [1.54, 1.807) is 40.9 Å². The van der Waals surface area contributed by atoms with Crippen molar-refractivity contribution >= 4 is 17.2 Å². The summed E-state index contributed by atoms with van der Waals surface area (Å²) >= 11 is 0. The number of anilines is 1. The van der Waals surface area contributed by atoms with Crippen molar-refractivity contribution in [3.05, 3.63) is 83.9 Å². The lowest BCUT2D eigenvalue weighted by Gasteiger charge is -2.09. The molecule has 0 aliphatic rings. The minimum absolute atomic E-state index is 0.0422. The van der Waals surface area contributed by atoms with Crippen LogP contribution in [0.15, 0.2) is 71.6 Å². The molecule has 4 aromatic heterocycles. The number of pyridine rings is 2. The van der Waals surface area contributed by atoms with Gasteiger partial charge in [0.25, 0.3) is 11.8 Å². The molecule has 0 bridgehead atoms. The van der Waals surface area contributed by atoms with E-state index in [2.05, 4.69) is 25.4 Å². The first-order chi connectivity index (χ1) is 16.3.